The van der Waals surface area contributed by atoms with Crippen LogP contribution < -0.4 is 5.32 Å². The van der Waals surface area contributed by atoms with Gasteiger partial charge in [-0.3, -0.25) is 14.6 Å². The molecular formula is C25H20F6N4O2. The van der Waals surface area contributed by atoms with Gasteiger partial charge in [0.25, 0.3) is 5.91 Å². The van der Waals surface area contributed by atoms with E-state index in [-0.39, 0.29) is 22.5 Å². The van der Waals surface area contributed by atoms with Gasteiger partial charge in [-0.25, -0.2) is 0 Å². The summed E-state index contributed by atoms with van der Waals surface area (Å²) in [6, 6.07) is 8.01. The third-order valence-electron chi connectivity index (χ3n) is 6.38. The zero-order valence-electron chi connectivity index (χ0n) is 19.2. The monoisotopic (exact) mass is 522 g/mol. The van der Waals surface area contributed by atoms with Gasteiger partial charge in [0.2, 0.25) is 5.91 Å². The van der Waals surface area contributed by atoms with Crippen molar-refractivity contribution in [3.8, 4) is 6.07 Å². The van der Waals surface area contributed by atoms with Crippen molar-refractivity contribution in [1.82, 2.24) is 4.90 Å². The van der Waals surface area contributed by atoms with E-state index in [0.29, 0.717) is 37.8 Å². The maximum atomic E-state index is 13.3. The largest absolute Gasteiger partial charge is 0.416 e. The molecule has 1 aliphatic carbocycles. The van der Waals surface area contributed by atoms with Crippen LogP contribution >= 0.6 is 0 Å². The number of hydrogen-bond donors (Lipinski definition) is 1. The summed E-state index contributed by atoms with van der Waals surface area (Å²) >= 11 is 0. The van der Waals surface area contributed by atoms with E-state index in [9.17, 15) is 35.9 Å². The van der Waals surface area contributed by atoms with Crippen LogP contribution in [0.5, 0.6) is 0 Å². The van der Waals surface area contributed by atoms with Gasteiger partial charge in [-0.05, 0) is 56.0 Å². The summed E-state index contributed by atoms with van der Waals surface area (Å²) in [5.41, 5.74) is -3.55. The summed E-state index contributed by atoms with van der Waals surface area (Å²) in [6.45, 7) is -0.537. The highest BCUT2D eigenvalue weighted by Crippen LogP contribution is 2.40. The molecule has 0 bridgehead atoms. The van der Waals surface area contributed by atoms with Crippen LogP contribution in [0.4, 0.5) is 32.0 Å². The maximum Gasteiger partial charge on any atom is 0.416 e. The topological polar surface area (TPSA) is 85.6 Å². The molecule has 1 spiro atoms. The van der Waals surface area contributed by atoms with Gasteiger partial charge < -0.3 is 10.2 Å². The molecule has 37 heavy (non-hydrogen) atoms. The molecule has 0 aromatic heterocycles. The highest BCUT2D eigenvalue weighted by molar-refractivity contribution is 6.47. The van der Waals surface area contributed by atoms with Gasteiger partial charge >= 0.3 is 12.4 Å². The van der Waals surface area contributed by atoms with Crippen molar-refractivity contribution in [3.63, 3.8) is 0 Å². The second-order valence-corrected chi connectivity index (χ2v) is 8.93. The molecule has 1 heterocycles. The summed E-state index contributed by atoms with van der Waals surface area (Å²) in [6.07, 6.45) is -6.15. The normalized spacial score (nSPS) is 17.5. The molecular weight excluding hydrogens is 502 g/mol. The van der Waals surface area contributed by atoms with Crippen LogP contribution in [0, 0.1) is 11.3 Å². The van der Waals surface area contributed by atoms with Crippen molar-refractivity contribution in [2.24, 2.45) is 4.99 Å². The molecule has 2 aromatic carbocycles. The first-order valence-corrected chi connectivity index (χ1v) is 11.3. The fourth-order valence-corrected chi connectivity index (χ4v) is 4.63. The van der Waals surface area contributed by atoms with Crippen LogP contribution in [0.2, 0.25) is 0 Å². The number of alkyl halides is 6. The number of nitriles is 1. The molecule has 1 fully saturated rings. The predicted octanol–water partition coefficient (Wildman–Crippen LogP) is 5.53. The highest BCUT2D eigenvalue weighted by Gasteiger charge is 2.48. The Balaban J connectivity index is 1.59. The fourth-order valence-electron chi connectivity index (χ4n) is 4.63. The third-order valence-corrected chi connectivity index (χ3v) is 6.38. The first-order valence-electron chi connectivity index (χ1n) is 11.3. The number of nitrogens with one attached hydrogen (secondary N) is 1. The van der Waals surface area contributed by atoms with E-state index in [1.54, 1.807) is 6.07 Å². The molecule has 1 saturated carbocycles. The van der Waals surface area contributed by atoms with E-state index in [0.717, 1.165) is 36.8 Å². The number of halogens is 6. The lowest BCUT2D eigenvalue weighted by Gasteiger charge is -2.38. The van der Waals surface area contributed by atoms with E-state index in [4.69, 9.17) is 5.26 Å². The highest BCUT2D eigenvalue weighted by atomic mass is 19.4. The molecule has 1 N–H and O–H groups in total. The second kappa shape index (κ2) is 9.53. The Kier molecular flexibility index (Phi) is 6.75. The van der Waals surface area contributed by atoms with E-state index >= 15 is 0 Å². The Bertz CT molecular complexity index is 1290. The number of benzene rings is 2. The average Bonchev–Trinajstić information content (AvgIpc) is 3.09. The number of aliphatic imine (C=N–C) groups is 1. The van der Waals surface area contributed by atoms with E-state index in [1.165, 1.54) is 4.90 Å². The number of rotatable bonds is 4. The van der Waals surface area contributed by atoms with Gasteiger partial charge in [0.1, 0.15) is 17.9 Å². The lowest BCUT2D eigenvalue weighted by atomic mass is 9.88. The van der Waals surface area contributed by atoms with E-state index in [1.807, 2.05) is 0 Å². The van der Waals surface area contributed by atoms with Crippen LogP contribution in [0.25, 0.3) is 0 Å². The minimum atomic E-state index is -4.74. The number of nitrogens with zero attached hydrogens (tertiary/aromatic N) is 3. The Labute approximate surface area is 207 Å². The molecule has 0 radical (unpaired) electrons. The van der Waals surface area contributed by atoms with Gasteiger partial charge in [-0.15, -0.1) is 0 Å². The van der Waals surface area contributed by atoms with Gasteiger partial charge in [0, 0.05) is 11.3 Å². The molecule has 0 atom stereocenters. The molecule has 0 unspecified atom stereocenters. The number of carbonyl (C=O) groups excluding carboxylic acids is 2. The number of hydrogen-bond acceptors (Lipinski definition) is 4. The van der Waals surface area contributed by atoms with Crippen LogP contribution in [0.15, 0.2) is 47.5 Å². The number of carbonyl (C=O) groups is 2. The van der Waals surface area contributed by atoms with Crippen molar-refractivity contribution in [3.05, 3.63) is 64.7 Å². The van der Waals surface area contributed by atoms with Gasteiger partial charge in [0.05, 0.1) is 22.8 Å². The maximum absolute atomic E-state index is 13.3. The molecule has 0 saturated heterocycles. The van der Waals surface area contributed by atoms with Gasteiger partial charge in [-0.1, -0.05) is 18.6 Å². The van der Waals surface area contributed by atoms with Crippen molar-refractivity contribution < 1.29 is 35.9 Å². The summed E-state index contributed by atoms with van der Waals surface area (Å²) < 4.78 is 78.4. The fraction of sp³-hybridized carbons (Fsp3) is 0.360. The Morgan fingerprint density at radius 1 is 0.973 bits per heavy atom. The lowest BCUT2D eigenvalue weighted by Crippen LogP contribution is -2.51. The van der Waals surface area contributed by atoms with Crippen molar-refractivity contribution in [1.29, 1.82) is 5.26 Å². The molecule has 12 heteroatoms. The Hall–Kier alpha value is -3.88. The first-order chi connectivity index (χ1) is 17.3. The van der Waals surface area contributed by atoms with E-state index < -0.39 is 47.5 Å². The Morgan fingerprint density at radius 3 is 2.16 bits per heavy atom. The summed E-state index contributed by atoms with van der Waals surface area (Å²) in [5, 5.41) is 11.4. The van der Waals surface area contributed by atoms with Crippen LogP contribution in [-0.4, -0.2) is 34.6 Å². The lowest BCUT2D eigenvalue weighted by molar-refractivity contribution is -0.138. The second-order valence-electron chi connectivity index (χ2n) is 8.93. The molecule has 4 rings (SSSR count). The summed E-state index contributed by atoms with van der Waals surface area (Å²) in [7, 11) is 0. The predicted molar refractivity (Wildman–Crippen MR) is 120 cm³/mol. The number of amides is 2. The SMILES string of the molecule is N#Cc1cc(NC(=O)CN2C(=O)C(c3ccc(C(F)(F)F)cc3)=NC23CCCCC3)cc(C(F)(F)F)c1. The summed E-state index contributed by atoms with van der Waals surface area (Å²) in [4.78, 5) is 32.0. The van der Waals surface area contributed by atoms with Gasteiger partial charge in [0.15, 0.2) is 0 Å². The molecule has 194 valence electrons. The smallest absolute Gasteiger partial charge is 0.324 e. The quantitative estimate of drug-likeness (QED) is 0.536. The van der Waals surface area contributed by atoms with Crippen LogP contribution in [-0.2, 0) is 21.9 Å². The molecule has 2 aliphatic rings. The number of anilines is 1. The van der Waals surface area contributed by atoms with Crippen molar-refractivity contribution >= 4 is 23.2 Å². The van der Waals surface area contributed by atoms with Crippen molar-refractivity contribution in [2.75, 3.05) is 11.9 Å². The average molecular weight is 522 g/mol. The molecule has 2 amide bonds. The molecule has 2 aromatic rings. The van der Waals surface area contributed by atoms with Crippen LogP contribution in [0.3, 0.4) is 0 Å². The zero-order chi connectivity index (χ0) is 27.0. The minimum Gasteiger partial charge on any atom is -0.324 e. The van der Waals surface area contributed by atoms with Crippen molar-refractivity contribution in [2.45, 2.75) is 50.1 Å². The standard InChI is InChI=1S/C25H20F6N4O2/c26-24(27,28)17-6-4-16(5-7-17)21-22(37)35(23(34-21)8-2-1-3-9-23)14-20(36)33-19-11-15(13-32)10-18(12-19)25(29,30)31/h4-7,10-12H,1-3,8-9,14H2,(H,33,36). The minimum absolute atomic E-state index is 0.0748. The van der Waals surface area contributed by atoms with Gasteiger partial charge in [-0.2, -0.15) is 31.6 Å². The first kappa shape index (κ1) is 26.2. The van der Waals surface area contributed by atoms with E-state index in [2.05, 4.69) is 10.3 Å². The summed E-state index contributed by atoms with van der Waals surface area (Å²) in [5.74, 6) is -1.45. The molecule has 1 aliphatic heterocycles. The zero-order valence-corrected chi connectivity index (χ0v) is 19.2. The Morgan fingerprint density at radius 2 is 1.59 bits per heavy atom. The molecule has 6 nitrogen and oxygen atoms in total. The third kappa shape index (κ3) is 5.45. The van der Waals surface area contributed by atoms with Crippen LogP contribution in [0.1, 0.15) is 54.4 Å².